The smallest absolute Gasteiger partial charge is 0.256 e. The van der Waals surface area contributed by atoms with Gasteiger partial charge in [-0.25, -0.2) is 0 Å². The summed E-state index contributed by atoms with van der Waals surface area (Å²) < 4.78 is 28.6. The van der Waals surface area contributed by atoms with E-state index in [9.17, 15) is 0 Å². The number of anilines is 6. The van der Waals surface area contributed by atoms with E-state index in [-0.39, 0.29) is 13.4 Å². The molecule has 4 aliphatic heterocycles. The lowest BCUT2D eigenvalue weighted by Crippen LogP contribution is -2.62. The molecule has 0 fully saturated rings. The molecule has 6 heterocycles. The van der Waals surface area contributed by atoms with Gasteiger partial charge in [-0.05, 0) is 81.3 Å². The Morgan fingerprint density at radius 1 is 0.323 bits per heavy atom. The minimum Gasteiger partial charge on any atom is -0.456 e. The lowest BCUT2D eigenvalue weighted by atomic mass is 9.32. The molecule has 0 N–H and O–H groups in total. The maximum atomic E-state index is 7.57. The SMILES string of the molecule is c1ccc(N2c3ccccc3B3c4ccc5c(c4Oc4c3c2cc2oc3ccccc3c42)Oc2c3c(cc4oc6ccccc6c24)N(c2ccccc2)c2ccccc2B53)cc1. The van der Waals surface area contributed by atoms with Crippen molar-refractivity contribution in [2.24, 2.45) is 0 Å². The van der Waals surface area contributed by atoms with E-state index in [0.717, 1.165) is 123 Å². The molecule has 4 aliphatic rings. The van der Waals surface area contributed by atoms with Crippen molar-refractivity contribution in [2.75, 3.05) is 9.80 Å². The Morgan fingerprint density at radius 2 is 0.726 bits per heavy atom. The summed E-state index contributed by atoms with van der Waals surface area (Å²) >= 11 is 0. The molecule has 0 radical (unpaired) electrons. The second-order valence-corrected chi connectivity index (χ2v) is 16.7. The number of hydrogen-bond acceptors (Lipinski definition) is 6. The van der Waals surface area contributed by atoms with Gasteiger partial charge in [-0.15, -0.1) is 0 Å². The van der Waals surface area contributed by atoms with E-state index < -0.39 is 0 Å². The van der Waals surface area contributed by atoms with Gasteiger partial charge in [-0.1, -0.05) is 121 Å². The molecule has 0 amide bonds. The Hall–Kier alpha value is -8.09. The van der Waals surface area contributed by atoms with Crippen LogP contribution in [0.2, 0.25) is 0 Å². The van der Waals surface area contributed by atoms with Crippen LogP contribution in [0.4, 0.5) is 34.1 Å². The third-order valence-corrected chi connectivity index (χ3v) is 13.5. The molecule has 0 unspecified atom stereocenters. The van der Waals surface area contributed by atoms with E-state index >= 15 is 0 Å². The number of para-hydroxylation sites is 6. The van der Waals surface area contributed by atoms with E-state index in [0.29, 0.717) is 0 Å². The molecule has 0 spiro atoms. The Labute approximate surface area is 355 Å². The molecule has 15 rings (SSSR count). The van der Waals surface area contributed by atoms with Crippen LogP contribution in [0.25, 0.3) is 43.9 Å². The van der Waals surface area contributed by atoms with Crippen molar-refractivity contribution in [1.82, 2.24) is 0 Å². The lowest BCUT2D eigenvalue weighted by Gasteiger charge is -2.42. The first-order valence-corrected chi connectivity index (χ1v) is 21.2. The zero-order valence-corrected chi connectivity index (χ0v) is 33.0. The van der Waals surface area contributed by atoms with Crippen LogP contribution in [0.15, 0.2) is 191 Å². The second-order valence-electron chi connectivity index (χ2n) is 16.7. The fraction of sp³-hybridized carbons (Fsp3) is 0. The Balaban J connectivity index is 1.05. The van der Waals surface area contributed by atoms with Crippen molar-refractivity contribution in [3.8, 4) is 23.0 Å². The van der Waals surface area contributed by atoms with E-state index in [1.54, 1.807) is 0 Å². The number of nitrogens with zero attached hydrogens (tertiary/aromatic N) is 2. The van der Waals surface area contributed by atoms with Crippen molar-refractivity contribution >= 4 is 124 Å². The molecule has 6 nitrogen and oxygen atoms in total. The van der Waals surface area contributed by atoms with Crippen molar-refractivity contribution in [3.05, 3.63) is 182 Å². The lowest BCUT2D eigenvalue weighted by molar-refractivity contribution is 0.429. The van der Waals surface area contributed by atoms with Crippen LogP contribution in [0.5, 0.6) is 23.0 Å². The zero-order chi connectivity index (χ0) is 40.2. The molecule has 8 heteroatoms. The molecule has 9 aromatic carbocycles. The van der Waals surface area contributed by atoms with Crippen LogP contribution >= 0.6 is 0 Å². The quantitative estimate of drug-likeness (QED) is 0.163. The zero-order valence-electron chi connectivity index (χ0n) is 33.0. The molecule has 11 aromatic rings. The highest BCUT2D eigenvalue weighted by molar-refractivity contribution is 7.01. The fourth-order valence-electron chi connectivity index (χ4n) is 11.1. The number of fused-ring (bicyclic) bond motifs is 17. The first-order chi connectivity index (χ1) is 30.8. The number of ether oxygens (including phenoxy) is 2. The summed E-state index contributed by atoms with van der Waals surface area (Å²) in [6.07, 6.45) is 0. The van der Waals surface area contributed by atoms with Gasteiger partial charge < -0.3 is 28.1 Å². The van der Waals surface area contributed by atoms with Crippen LogP contribution in [0, 0.1) is 0 Å². The summed E-state index contributed by atoms with van der Waals surface area (Å²) in [7, 11) is 0. The molecule has 0 saturated carbocycles. The van der Waals surface area contributed by atoms with Crippen molar-refractivity contribution in [3.63, 3.8) is 0 Å². The second kappa shape index (κ2) is 11.8. The summed E-state index contributed by atoms with van der Waals surface area (Å²) in [6, 6.07) is 64.3. The third-order valence-electron chi connectivity index (χ3n) is 13.5. The van der Waals surface area contributed by atoms with Crippen LogP contribution in [0.3, 0.4) is 0 Å². The number of hydrogen-bond donors (Lipinski definition) is 0. The van der Waals surface area contributed by atoms with Crippen molar-refractivity contribution in [1.29, 1.82) is 0 Å². The Bertz CT molecular complexity index is 3500. The predicted octanol–water partition coefficient (Wildman–Crippen LogP) is 10.3. The van der Waals surface area contributed by atoms with Gasteiger partial charge in [0.05, 0.1) is 10.8 Å². The van der Waals surface area contributed by atoms with Crippen LogP contribution in [0.1, 0.15) is 0 Å². The highest BCUT2D eigenvalue weighted by Gasteiger charge is 2.49. The average molecular weight is 792 g/mol. The molecule has 0 bridgehead atoms. The largest absolute Gasteiger partial charge is 0.456 e. The normalized spacial score (nSPS) is 13.9. The van der Waals surface area contributed by atoms with Gasteiger partial charge in [-0.3, -0.25) is 0 Å². The maximum absolute atomic E-state index is 7.57. The highest BCUT2D eigenvalue weighted by atomic mass is 16.5. The molecule has 62 heavy (non-hydrogen) atoms. The molecule has 286 valence electrons. The van der Waals surface area contributed by atoms with Crippen LogP contribution in [-0.4, -0.2) is 13.4 Å². The van der Waals surface area contributed by atoms with Gasteiger partial charge in [0.25, 0.3) is 13.4 Å². The number of rotatable bonds is 2. The summed E-state index contributed by atoms with van der Waals surface area (Å²) in [4.78, 5) is 4.72. The van der Waals surface area contributed by atoms with Crippen LogP contribution < -0.4 is 52.1 Å². The first-order valence-electron chi connectivity index (χ1n) is 21.2. The molecule has 0 aliphatic carbocycles. The maximum Gasteiger partial charge on any atom is 0.256 e. The van der Waals surface area contributed by atoms with Gasteiger partial charge in [0.2, 0.25) is 0 Å². The van der Waals surface area contributed by atoms with E-state index in [4.69, 9.17) is 18.3 Å². The van der Waals surface area contributed by atoms with Gasteiger partial charge in [0.1, 0.15) is 33.8 Å². The molecule has 0 saturated heterocycles. The van der Waals surface area contributed by atoms with Gasteiger partial charge in [-0.2, -0.15) is 0 Å². The Morgan fingerprint density at radius 3 is 1.19 bits per heavy atom. The first kappa shape index (κ1) is 32.7. The summed E-state index contributed by atoms with van der Waals surface area (Å²) in [5, 5.41) is 3.95. The minimum atomic E-state index is -0.151. The monoisotopic (exact) mass is 792 g/mol. The Kier molecular flexibility index (Phi) is 6.23. The minimum absolute atomic E-state index is 0.151. The van der Waals surface area contributed by atoms with E-state index in [1.165, 1.54) is 10.9 Å². The highest BCUT2D eigenvalue weighted by Crippen LogP contribution is 2.51. The summed E-state index contributed by atoms with van der Waals surface area (Å²) in [5.74, 6) is 3.05. The third kappa shape index (κ3) is 4.11. The van der Waals surface area contributed by atoms with Gasteiger partial charge >= 0.3 is 0 Å². The van der Waals surface area contributed by atoms with E-state index in [1.807, 2.05) is 24.3 Å². The van der Waals surface area contributed by atoms with Crippen LogP contribution in [-0.2, 0) is 0 Å². The summed E-state index contributed by atoms with van der Waals surface area (Å²) in [6.45, 7) is -0.303. The molecular weight excluding hydrogens is 762 g/mol. The fourth-order valence-corrected chi connectivity index (χ4v) is 11.1. The molecular formula is C54H30B2N2O4. The van der Waals surface area contributed by atoms with Crippen molar-refractivity contribution in [2.45, 2.75) is 0 Å². The van der Waals surface area contributed by atoms with E-state index in [2.05, 4.69) is 168 Å². The van der Waals surface area contributed by atoms with Crippen molar-refractivity contribution < 1.29 is 18.3 Å². The van der Waals surface area contributed by atoms with Gasteiger partial charge in [0, 0.05) is 57.0 Å². The topological polar surface area (TPSA) is 51.2 Å². The number of benzene rings is 9. The summed E-state index contributed by atoms with van der Waals surface area (Å²) in [5.41, 5.74) is 16.4. The molecule has 2 aromatic heterocycles. The van der Waals surface area contributed by atoms with Gasteiger partial charge in [0.15, 0.2) is 11.5 Å². The standard InChI is InChI=1S/C54H30B2N2O4/c1-3-15-31(16-4-1)57-39-23-11-9-21-35(39)55-37-27-28-38-52(51(37)61-53-47-33-19-7-13-25-43(33)59-45(47)29-41(57)49(53)55)62-54-48-34-20-8-14-26-44(34)60-46(48)30-42-50(54)56(38)36-22-10-12-24-40(36)58(42)32-17-5-2-6-18-32/h1-30H. The predicted molar refractivity (Wildman–Crippen MR) is 253 cm³/mol. The number of furan rings is 2. The molecule has 0 atom stereocenters. The average Bonchev–Trinajstić information content (AvgIpc) is 3.90.